The predicted octanol–water partition coefficient (Wildman–Crippen LogP) is 3.56. The number of carboxylic acid groups (broad SMARTS) is 1. The Balaban J connectivity index is 2.99. The van der Waals surface area contributed by atoms with Crippen LogP contribution in [0.5, 0.6) is 0 Å². The summed E-state index contributed by atoms with van der Waals surface area (Å²) >= 11 is 2.23. The highest BCUT2D eigenvalue weighted by atomic mass is 127. The third kappa shape index (κ3) is 4.03. The molecule has 0 radical (unpaired) electrons. The monoisotopic (exact) mass is 316 g/mol. The number of halogens is 1. The number of carbonyl (C=O) groups is 1. The van der Waals surface area contributed by atoms with E-state index >= 15 is 0 Å². The van der Waals surface area contributed by atoms with Crippen molar-refractivity contribution in [1.82, 2.24) is 0 Å². The van der Waals surface area contributed by atoms with Crippen LogP contribution in [0.4, 0.5) is 0 Å². The molecule has 0 saturated heterocycles. The van der Waals surface area contributed by atoms with Crippen LogP contribution in [0.15, 0.2) is 30.3 Å². The predicted molar refractivity (Wildman–Crippen MR) is 69.7 cm³/mol. The Morgan fingerprint density at radius 1 is 1.40 bits per heavy atom. The first-order valence-corrected chi connectivity index (χ1v) is 5.90. The van der Waals surface area contributed by atoms with E-state index in [-0.39, 0.29) is 0 Å². The Morgan fingerprint density at radius 3 is 2.47 bits per heavy atom. The van der Waals surface area contributed by atoms with Crippen molar-refractivity contribution in [2.75, 3.05) is 0 Å². The van der Waals surface area contributed by atoms with Crippen molar-refractivity contribution >= 4 is 34.1 Å². The van der Waals surface area contributed by atoms with E-state index in [1.165, 1.54) is 6.08 Å². The van der Waals surface area contributed by atoms with Gasteiger partial charge in [0, 0.05) is 9.65 Å². The molecule has 0 aliphatic rings. The molecule has 0 atom stereocenters. The second-order valence-electron chi connectivity index (χ2n) is 3.26. The van der Waals surface area contributed by atoms with Crippen LogP contribution in [-0.4, -0.2) is 11.1 Å². The highest BCUT2D eigenvalue weighted by Gasteiger charge is 2.02. The van der Waals surface area contributed by atoms with Crippen LogP contribution in [0.1, 0.15) is 25.3 Å². The molecule has 2 nitrogen and oxygen atoms in total. The second-order valence-corrected chi connectivity index (χ2v) is 4.51. The summed E-state index contributed by atoms with van der Waals surface area (Å²) in [5, 5.41) is 8.75. The van der Waals surface area contributed by atoms with Crippen molar-refractivity contribution in [3.8, 4) is 0 Å². The summed E-state index contributed by atoms with van der Waals surface area (Å²) in [6, 6.07) is 7.90. The first kappa shape index (κ1) is 12.2. The summed E-state index contributed by atoms with van der Waals surface area (Å²) in [5.41, 5.74) is 1.89. The summed E-state index contributed by atoms with van der Waals surface area (Å²) in [4.78, 5) is 10.6. The molecule has 0 fully saturated rings. The summed E-state index contributed by atoms with van der Waals surface area (Å²) in [5.74, 6) is -0.878. The van der Waals surface area contributed by atoms with Crippen LogP contribution in [-0.2, 0) is 4.79 Å². The maximum atomic E-state index is 10.6. The normalized spacial score (nSPS) is 11.5. The lowest BCUT2D eigenvalue weighted by Crippen LogP contribution is -1.92. The third-order valence-corrected chi connectivity index (χ3v) is 2.75. The second kappa shape index (κ2) is 5.90. The number of hydrogen-bond acceptors (Lipinski definition) is 1. The highest BCUT2D eigenvalue weighted by molar-refractivity contribution is 14.1. The molecule has 0 amide bonds. The van der Waals surface area contributed by atoms with Crippen LogP contribution in [0, 0.1) is 3.57 Å². The average Bonchev–Trinajstić information content (AvgIpc) is 2.17. The minimum atomic E-state index is -0.878. The number of carboxylic acids is 1. The van der Waals surface area contributed by atoms with E-state index in [1.54, 1.807) is 0 Å². The maximum absolute atomic E-state index is 10.6. The van der Waals surface area contributed by atoms with Gasteiger partial charge in [0.05, 0.1) is 0 Å². The van der Waals surface area contributed by atoms with Crippen LogP contribution in [0.25, 0.3) is 5.57 Å². The van der Waals surface area contributed by atoms with E-state index in [0.717, 1.165) is 27.5 Å². The highest BCUT2D eigenvalue weighted by Crippen LogP contribution is 2.20. The fourth-order valence-electron chi connectivity index (χ4n) is 1.38. The van der Waals surface area contributed by atoms with Crippen LogP contribution < -0.4 is 0 Å². The molecule has 1 aromatic rings. The fourth-order valence-corrected chi connectivity index (χ4v) is 1.74. The van der Waals surface area contributed by atoms with Gasteiger partial charge in [-0.25, -0.2) is 4.79 Å². The smallest absolute Gasteiger partial charge is 0.328 e. The SMILES string of the molecule is CCCC(=CC(=O)O)c1ccc(I)cc1. The summed E-state index contributed by atoms with van der Waals surface area (Å²) < 4.78 is 1.16. The summed E-state index contributed by atoms with van der Waals surface area (Å²) in [7, 11) is 0. The molecule has 0 unspecified atom stereocenters. The Hall–Kier alpha value is -0.840. The van der Waals surface area contributed by atoms with E-state index in [2.05, 4.69) is 22.6 Å². The lowest BCUT2D eigenvalue weighted by Gasteiger charge is -2.05. The first-order chi connectivity index (χ1) is 7.13. The molecule has 0 bridgehead atoms. The lowest BCUT2D eigenvalue weighted by molar-refractivity contribution is -0.131. The number of allylic oxidation sites excluding steroid dienone is 1. The zero-order chi connectivity index (χ0) is 11.3. The Labute approximate surface area is 103 Å². The zero-order valence-electron chi connectivity index (χ0n) is 8.53. The van der Waals surface area contributed by atoms with Crippen LogP contribution >= 0.6 is 22.6 Å². The van der Waals surface area contributed by atoms with Crippen LogP contribution in [0.2, 0.25) is 0 Å². The Kier molecular flexibility index (Phi) is 4.81. The molecule has 80 valence electrons. The summed E-state index contributed by atoms with van der Waals surface area (Å²) in [6.45, 7) is 2.04. The summed E-state index contributed by atoms with van der Waals surface area (Å²) in [6.07, 6.45) is 3.05. The molecule has 1 N–H and O–H groups in total. The van der Waals surface area contributed by atoms with Gasteiger partial charge in [0.2, 0.25) is 0 Å². The molecule has 1 aromatic carbocycles. The molecule has 0 heterocycles. The minimum absolute atomic E-state index is 0.799. The van der Waals surface area contributed by atoms with E-state index in [0.29, 0.717) is 0 Å². The van der Waals surface area contributed by atoms with Crippen molar-refractivity contribution in [3.63, 3.8) is 0 Å². The van der Waals surface area contributed by atoms with Gasteiger partial charge < -0.3 is 5.11 Å². The number of benzene rings is 1. The van der Waals surface area contributed by atoms with E-state index in [4.69, 9.17) is 5.11 Å². The average molecular weight is 316 g/mol. The van der Waals surface area contributed by atoms with E-state index in [9.17, 15) is 4.79 Å². The van der Waals surface area contributed by atoms with Gasteiger partial charge in [0.1, 0.15) is 0 Å². The molecule has 0 aromatic heterocycles. The van der Waals surface area contributed by atoms with Gasteiger partial charge >= 0.3 is 5.97 Å². The largest absolute Gasteiger partial charge is 0.478 e. The Bertz CT molecular complexity index is 366. The molecule has 1 rings (SSSR count). The molecular weight excluding hydrogens is 303 g/mol. The van der Waals surface area contributed by atoms with Gasteiger partial charge in [0.25, 0.3) is 0 Å². The molecule has 0 spiro atoms. The molecule has 0 saturated carbocycles. The lowest BCUT2D eigenvalue weighted by atomic mass is 10.0. The fraction of sp³-hybridized carbons (Fsp3) is 0.250. The number of aliphatic carboxylic acids is 1. The van der Waals surface area contributed by atoms with E-state index < -0.39 is 5.97 Å². The molecule has 0 aliphatic carbocycles. The van der Waals surface area contributed by atoms with Gasteiger partial charge in [-0.15, -0.1) is 0 Å². The Morgan fingerprint density at radius 2 is 2.00 bits per heavy atom. The topological polar surface area (TPSA) is 37.3 Å². The van der Waals surface area contributed by atoms with Crippen molar-refractivity contribution < 1.29 is 9.90 Å². The van der Waals surface area contributed by atoms with Crippen molar-refractivity contribution in [3.05, 3.63) is 39.5 Å². The van der Waals surface area contributed by atoms with Crippen molar-refractivity contribution in [1.29, 1.82) is 0 Å². The molecular formula is C12H13IO2. The first-order valence-electron chi connectivity index (χ1n) is 4.83. The standard InChI is InChI=1S/C12H13IO2/c1-2-3-10(8-12(14)15)9-4-6-11(13)7-5-9/h4-8H,2-3H2,1H3,(H,14,15). The maximum Gasteiger partial charge on any atom is 0.328 e. The van der Waals surface area contributed by atoms with Crippen molar-refractivity contribution in [2.45, 2.75) is 19.8 Å². The molecule has 3 heteroatoms. The minimum Gasteiger partial charge on any atom is -0.478 e. The zero-order valence-corrected chi connectivity index (χ0v) is 10.7. The molecule has 0 aliphatic heterocycles. The van der Waals surface area contributed by atoms with Gasteiger partial charge in [-0.2, -0.15) is 0 Å². The molecule has 15 heavy (non-hydrogen) atoms. The quantitative estimate of drug-likeness (QED) is 0.681. The van der Waals surface area contributed by atoms with Gasteiger partial charge in [-0.1, -0.05) is 25.5 Å². The van der Waals surface area contributed by atoms with Crippen molar-refractivity contribution in [2.24, 2.45) is 0 Å². The van der Waals surface area contributed by atoms with Crippen LogP contribution in [0.3, 0.4) is 0 Å². The number of rotatable bonds is 4. The van der Waals surface area contributed by atoms with Gasteiger partial charge in [-0.3, -0.25) is 0 Å². The van der Waals surface area contributed by atoms with Gasteiger partial charge in [0.15, 0.2) is 0 Å². The van der Waals surface area contributed by atoms with Gasteiger partial charge in [-0.05, 0) is 52.3 Å². The van der Waals surface area contributed by atoms with E-state index in [1.807, 2.05) is 31.2 Å². The third-order valence-electron chi connectivity index (χ3n) is 2.03. The number of hydrogen-bond donors (Lipinski definition) is 1.